The molecular weight excluding hydrogens is 540 g/mol. The SMILES string of the molecule is O=C(/C=C(\O)c1cc(Cc2ccc(F)cc2)cn(Cc2ccccc2F)c1=O)C(=O)N1CCN(c2ccccc2)CC1. The molecule has 42 heavy (non-hydrogen) atoms. The van der Waals surface area contributed by atoms with Gasteiger partial charge in [-0.15, -0.1) is 0 Å². The zero-order chi connectivity index (χ0) is 29.6. The van der Waals surface area contributed by atoms with E-state index in [4.69, 9.17) is 0 Å². The van der Waals surface area contributed by atoms with E-state index in [1.54, 1.807) is 24.3 Å². The lowest BCUT2D eigenvalue weighted by atomic mass is 10.0. The number of aliphatic hydroxyl groups excluding tert-OH is 1. The molecule has 1 aromatic heterocycles. The summed E-state index contributed by atoms with van der Waals surface area (Å²) < 4.78 is 29.1. The third kappa shape index (κ3) is 6.63. The lowest BCUT2D eigenvalue weighted by Gasteiger charge is -2.35. The number of hydrogen-bond donors (Lipinski definition) is 1. The fourth-order valence-electron chi connectivity index (χ4n) is 4.97. The van der Waals surface area contributed by atoms with Crippen molar-refractivity contribution < 1.29 is 23.5 Å². The van der Waals surface area contributed by atoms with Crippen molar-refractivity contribution in [3.05, 3.63) is 141 Å². The van der Waals surface area contributed by atoms with Gasteiger partial charge >= 0.3 is 0 Å². The first kappa shape index (κ1) is 28.5. The van der Waals surface area contributed by atoms with Crippen LogP contribution in [0.25, 0.3) is 5.76 Å². The second-order valence-electron chi connectivity index (χ2n) is 10.1. The minimum absolute atomic E-state index is 0.123. The number of carbonyl (C=O) groups is 2. The third-order valence-electron chi connectivity index (χ3n) is 7.21. The first-order valence-electron chi connectivity index (χ1n) is 13.5. The zero-order valence-electron chi connectivity index (χ0n) is 22.7. The molecule has 1 aliphatic rings. The van der Waals surface area contributed by atoms with Crippen LogP contribution in [0.2, 0.25) is 0 Å². The molecule has 1 aliphatic heterocycles. The van der Waals surface area contributed by atoms with Crippen molar-refractivity contribution in [1.82, 2.24) is 9.47 Å². The number of amides is 1. The quantitative estimate of drug-likeness (QED) is 0.191. The molecule has 0 aliphatic carbocycles. The minimum atomic E-state index is -0.954. The Morgan fingerprint density at radius 2 is 1.50 bits per heavy atom. The Balaban J connectivity index is 1.38. The van der Waals surface area contributed by atoms with E-state index in [0.29, 0.717) is 31.7 Å². The Morgan fingerprint density at radius 1 is 0.833 bits per heavy atom. The normalized spacial score (nSPS) is 13.7. The van der Waals surface area contributed by atoms with Crippen LogP contribution in [-0.2, 0) is 22.6 Å². The number of nitrogens with zero attached hydrogens (tertiary/aromatic N) is 3. The number of hydrogen-bond acceptors (Lipinski definition) is 5. The molecule has 1 N–H and O–H groups in total. The van der Waals surface area contributed by atoms with Gasteiger partial charge in [-0.05, 0) is 53.9 Å². The molecule has 1 saturated heterocycles. The maximum absolute atomic E-state index is 14.4. The number of piperazine rings is 1. The van der Waals surface area contributed by atoms with Crippen molar-refractivity contribution in [2.24, 2.45) is 0 Å². The number of halogens is 2. The van der Waals surface area contributed by atoms with Gasteiger partial charge in [-0.2, -0.15) is 0 Å². The Kier molecular flexibility index (Phi) is 8.57. The standard InChI is InChI=1S/C33H29F2N3O4/c34-26-12-10-23(11-13-26)18-24-19-28(32(41)38(21-24)22-25-6-4-5-9-29(25)35)30(39)20-31(40)33(42)37-16-14-36(15-17-37)27-7-2-1-3-8-27/h1-13,19-21,39H,14-18,22H2/b30-20-. The number of aromatic nitrogens is 1. The molecule has 0 unspecified atom stereocenters. The summed E-state index contributed by atoms with van der Waals surface area (Å²) in [5.41, 5.74) is 1.72. The maximum atomic E-state index is 14.4. The summed E-state index contributed by atoms with van der Waals surface area (Å²) in [6.07, 6.45) is 2.57. The van der Waals surface area contributed by atoms with Gasteiger partial charge in [-0.3, -0.25) is 14.4 Å². The van der Waals surface area contributed by atoms with Crippen molar-refractivity contribution in [3.8, 4) is 0 Å². The summed E-state index contributed by atoms with van der Waals surface area (Å²) in [6, 6.07) is 23.0. The second-order valence-corrected chi connectivity index (χ2v) is 10.1. The van der Waals surface area contributed by atoms with E-state index in [0.717, 1.165) is 17.3 Å². The van der Waals surface area contributed by atoms with Crippen molar-refractivity contribution in [2.45, 2.75) is 13.0 Å². The van der Waals surface area contributed by atoms with Gasteiger partial charge in [0, 0.05) is 49.7 Å². The van der Waals surface area contributed by atoms with Gasteiger partial charge in [0.25, 0.3) is 11.5 Å². The van der Waals surface area contributed by atoms with Crippen molar-refractivity contribution >= 4 is 23.1 Å². The molecule has 0 saturated carbocycles. The van der Waals surface area contributed by atoms with Gasteiger partial charge in [0.15, 0.2) is 0 Å². The predicted molar refractivity (Wildman–Crippen MR) is 156 cm³/mol. The summed E-state index contributed by atoms with van der Waals surface area (Å²) >= 11 is 0. The van der Waals surface area contributed by atoms with Crippen LogP contribution in [0.4, 0.5) is 14.5 Å². The molecule has 0 atom stereocenters. The van der Waals surface area contributed by atoms with Gasteiger partial charge in [-0.1, -0.05) is 48.5 Å². The van der Waals surface area contributed by atoms with Gasteiger partial charge < -0.3 is 19.5 Å². The van der Waals surface area contributed by atoms with Crippen LogP contribution in [-0.4, -0.2) is 52.4 Å². The predicted octanol–water partition coefficient (Wildman–Crippen LogP) is 4.58. The van der Waals surface area contributed by atoms with E-state index >= 15 is 0 Å². The summed E-state index contributed by atoms with van der Waals surface area (Å²) in [5, 5.41) is 10.9. The van der Waals surface area contributed by atoms with Gasteiger partial charge in [0.1, 0.15) is 17.4 Å². The minimum Gasteiger partial charge on any atom is -0.507 e. The highest BCUT2D eigenvalue weighted by molar-refractivity contribution is 6.41. The van der Waals surface area contributed by atoms with Crippen LogP contribution in [0.1, 0.15) is 22.3 Å². The average Bonchev–Trinajstić information content (AvgIpc) is 3.01. The van der Waals surface area contributed by atoms with Crippen molar-refractivity contribution in [1.29, 1.82) is 0 Å². The number of benzene rings is 3. The fourth-order valence-corrected chi connectivity index (χ4v) is 4.97. The van der Waals surface area contributed by atoms with Crippen LogP contribution in [0.3, 0.4) is 0 Å². The number of pyridine rings is 1. The summed E-state index contributed by atoms with van der Waals surface area (Å²) in [7, 11) is 0. The highest BCUT2D eigenvalue weighted by Crippen LogP contribution is 2.18. The third-order valence-corrected chi connectivity index (χ3v) is 7.21. The van der Waals surface area contributed by atoms with Gasteiger partial charge in [-0.25, -0.2) is 8.78 Å². The van der Waals surface area contributed by atoms with Crippen LogP contribution in [0.5, 0.6) is 0 Å². The van der Waals surface area contributed by atoms with E-state index in [1.807, 2.05) is 30.3 Å². The molecule has 7 nitrogen and oxygen atoms in total. The van der Waals surface area contributed by atoms with Crippen molar-refractivity contribution in [3.63, 3.8) is 0 Å². The van der Waals surface area contributed by atoms with Crippen molar-refractivity contribution in [2.75, 3.05) is 31.1 Å². The lowest BCUT2D eigenvalue weighted by molar-refractivity contribution is -0.142. The molecule has 0 bridgehead atoms. The van der Waals surface area contributed by atoms with Gasteiger partial charge in [0.2, 0.25) is 5.78 Å². The Bertz CT molecular complexity index is 1680. The van der Waals surface area contributed by atoms with Crippen LogP contribution < -0.4 is 10.5 Å². The van der Waals surface area contributed by atoms with E-state index in [1.165, 1.54) is 46.0 Å². The Morgan fingerprint density at radius 3 is 2.19 bits per heavy atom. The molecule has 4 aromatic rings. The molecule has 3 aromatic carbocycles. The first-order chi connectivity index (χ1) is 20.3. The lowest BCUT2D eigenvalue weighted by Crippen LogP contribution is -2.50. The molecule has 2 heterocycles. The van der Waals surface area contributed by atoms with E-state index in [-0.39, 0.29) is 24.1 Å². The molecule has 0 spiro atoms. The Hall–Kier alpha value is -5.05. The Labute approximate surface area is 241 Å². The van der Waals surface area contributed by atoms with Gasteiger partial charge in [0.05, 0.1) is 12.1 Å². The van der Waals surface area contributed by atoms with Crippen LogP contribution in [0.15, 0.2) is 102 Å². The number of anilines is 1. The van der Waals surface area contributed by atoms with Crippen LogP contribution in [0, 0.1) is 11.6 Å². The molecule has 0 radical (unpaired) electrons. The topological polar surface area (TPSA) is 82.8 Å². The summed E-state index contributed by atoms with van der Waals surface area (Å²) in [5.74, 6) is -3.28. The molecule has 1 fully saturated rings. The second kappa shape index (κ2) is 12.6. The average molecular weight is 570 g/mol. The number of rotatable bonds is 8. The molecule has 214 valence electrons. The zero-order valence-corrected chi connectivity index (χ0v) is 22.7. The van der Waals surface area contributed by atoms with E-state index in [9.17, 15) is 28.3 Å². The molecule has 9 heteroatoms. The van der Waals surface area contributed by atoms with E-state index in [2.05, 4.69) is 4.90 Å². The summed E-state index contributed by atoms with van der Waals surface area (Å²) in [6.45, 7) is 1.63. The molecule has 1 amide bonds. The smallest absolute Gasteiger partial charge is 0.294 e. The number of para-hydroxylation sites is 1. The molecule has 5 rings (SSSR count). The monoisotopic (exact) mass is 569 g/mol. The fraction of sp³-hybridized carbons (Fsp3) is 0.182. The highest BCUT2D eigenvalue weighted by atomic mass is 19.1. The maximum Gasteiger partial charge on any atom is 0.294 e. The first-order valence-corrected chi connectivity index (χ1v) is 13.5. The highest BCUT2D eigenvalue weighted by Gasteiger charge is 2.26. The van der Waals surface area contributed by atoms with Crippen LogP contribution >= 0.6 is 0 Å². The molecular formula is C33H29F2N3O4. The number of carbonyl (C=O) groups excluding carboxylic acids is 2. The van der Waals surface area contributed by atoms with E-state index < -0.39 is 34.6 Å². The number of aliphatic hydroxyl groups is 1. The number of ketones is 1. The largest absolute Gasteiger partial charge is 0.507 e. The summed E-state index contributed by atoms with van der Waals surface area (Å²) in [4.78, 5) is 42.7.